The summed E-state index contributed by atoms with van der Waals surface area (Å²) < 4.78 is 48.4. The topological polar surface area (TPSA) is 51.8 Å². The fourth-order valence-electron chi connectivity index (χ4n) is 6.16. The molecule has 0 saturated heterocycles. The maximum Gasteiger partial charge on any atom is 0.164 e. The molecule has 230 valence electrons. The Bertz CT molecular complexity index is 2850. The Morgan fingerprint density at radius 3 is 1.43 bits per heavy atom. The molecule has 9 aromatic rings. The maximum absolute atomic E-state index is 8.69. The highest BCUT2D eigenvalue weighted by atomic mass is 16.3. The molecular weight excluding hydrogens is 599 g/mol. The van der Waals surface area contributed by atoms with Gasteiger partial charge in [-0.1, -0.05) is 139 Å². The lowest BCUT2D eigenvalue weighted by Gasteiger charge is -2.09. The predicted molar refractivity (Wildman–Crippen MR) is 200 cm³/mol. The fourth-order valence-corrected chi connectivity index (χ4v) is 6.16. The largest absolute Gasteiger partial charge is 0.456 e. The Balaban J connectivity index is 1.19. The highest BCUT2D eigenvalue weighted by Gasteiger charge is 2.15. The van der Waals surface area contributed by atoms with Gasteiger partial charge in [0.25, 0.3) is 0 Å². The molecule has 0 spiro atoms. The van der Waals surface area contributed by atoms with Gasteiger partial charge in [0.15, 0.2) is 17.5 Å². The molecule has 7 aromatic carbocycles. The van der Waals surface area contributed by atoms with E-state index in [-0.39, 0.29) is 29.3 Å². The first kappa shape index (κ1) is 23.6. The monoisotopic (exact) mass is 632 g/mol. The third-order valence-electron chi connectivity index (χ3n) is 8.64. The number of furan rings is 1. The van der Waals surface area contributed by atoms with Crippen LogP contribution >= 0.6 is 0 Å². The van der Waals surface area contributed by atoms with Crippen molar-refractivity contribution in [2.24, 2.45) is 0 Å². The zero-order chi connectivity index (χ0) is 36.9. The normalized spacial score (nSPS) is 12.7. The van der Waals surface area contributed by atoms with Gasteiger partial charge in [-0.05, 0) is 69.8 Å². The van der Waals surface area contributed by atoms with Gasteiger partial charge in [-0.3, -0.25) is 0 Å². The summed E-state index contributed by atoms with van der Waals surface area (Å²) in [4.78, 5) is 14.3. The molecule has 0 N–H and O–H groups in total. The van der Waals surface area contributed by atoms with E-state index in [4.69, 9.17) is 26.2 Å². The molecule has 0 aliphatic carbocycles. The zero-order valence-electron chi connectivity index (χ0n) is 31.1. The first-order chi connectivity index (χ1) is 26.3. The van der Waals surface area contributed by atoms with Crippen molar-refractivity contribution in [2.45, 2.75) is 0 Å². The van der Waals surface area contributed by atoms with Gasteiger partial charge >= 0.3 is 0 Å². The Labute approximate surface area is 291 Å². The van der Waals surface area contributed by atoms with Crippen LogP contribution in [-0.2, 0) is 0 Å². The molecule has 0 fully saturated rings. The summed E-state index contributed by atoms with van der Waals surface area (Å²) >= 11 is 0. The summed E-state index contributed by atoms with van der Waals surface area (Å²) in [7, 11) is 0. The van der Waals surface area contributed by atoms with Gasteiger partial charge in [0.05, 0.1) is 6.85 Å². The maximum atomic E-state index is 8.69. The lowest BCUT2D eigenvalue weighted by atomic mass is 9.98. The minimum absolute atomic E-state index is 0.0168. The molecule has 0 unspecified atom stereocenters. The van der Waals surface area contributed by atoms with Gasteiger partial charge in [0, 0.05) is 27.5 Å². The number of hydrogen-bond donors (Lipinski definition) is 0. The summed E-state index contributed by atoms with van der Waals surface area (Å²) in [6.07, 6.45) is 0. The van der Waals surface area contributed by atoms with Crippen molar-refractivity contribution in [3.05, 3.63) is 176 Å². The molecule has 49 heavy (non-hydrogen) atoms. The molecular formula is C45H29N3O. The molecule has 2 aromatic heterocycles. The lowest BCUT2D eigenvalue weighted by Crippen LogP contribution is -2.00. The van der Waals surface area contributed by atoms with Crippen LogP contribution in [0.2, 0.25) is 0 Å². The van der Waals surface area contributed by atoms with Gasteiger partial charge in [0.1, 0.15) is 11.2 Å². The molecule has 4 heteroatoms. The summed E-state index contributed by atoms with van der Waals surface area (Å²) in [6, 6.07) is 46.2. The first-order valence-electron chi connectivity index (χ1n) is 18.4. The van der Waals surface area contributed by atoms with Crippen molar-refractivity contribution in [1.82, 2.24) is 15.0 Å². The van der Waals surface area contributed by atoms with Crippen LogP contribution in [0.4, 0.5) is 0 Å². The van der Waals surface area contributed by atoms with E-state index in [0.29, 0.717) is 22.5 Å². The van der Waals surface area contributed by atoms with Crippen LogP contribution in [0.5, 0.6) is 0 Å². The minimum atomic E-state index is -0.483. The van der Waals surface area contributed by atoms with Gasteiger partial charge in [-0.15, -0.1) is 0 Å². The molecule has 2 heterocycles. The molecule has 0 aliphatic heterocycles. The number of rotatable bonds is 6. The van der Waals surface area contributed by atoms with E-state index in [0.717, 1.165) is 49.7 Å². The highest BCUT2D eigenvalue weighted by Crippen LogP contribution is 2.36. The van der Waals surface area contributed by atoms with E-state index in [1.807, 2.05) is 97.1 Å². The van der Waals surface area contributed by atoms with Crippen LogP contribution in [0.3, 0.4) is 0 Å². The molecule has 0 radical (unpaired) electrons. The summed E-state index contributed by atoms with van der Waals surface area (Å²) in [6.45, 7) is 0. The van der Waals surface area contributed by atoms with Crippen LogP contribution in [0.25, 0.3) is 89.5 Å². The number of nitrogens with zero attached hydrogens (tertiary/aromatic N) is 3. The van der Waals surface area contributed by atoms with Gasteiger partial charge < -0.3 is 4.42 Å². The van der Waals surface area contributed by atoms with Gasteiger partial charge in [-0.25, -0.2) is 15.0 Å². The molecule has 0 saturated carbocycles. The van der Waals surface area contributed by atoms with E-state index < -0.39 is 18.1 Å². The molecule has 0 amide bonds. The van der Waals surface area contributed by atoms with Crippen LogP contribution in [0, 0.1) is 0 Å². The highest BCUT2D eigenvalue weighted by molar-refractivity contribution is 6.07. The third-order valence-corrected chi connectivity index (χ3v) is 8.64. The van der Waals surface area contributed by atoms with Crippen molar-refractivity contribution >= 4 is 21.9 Å². The smallest absolute Gasteiger partial charge is 0.164 e. The van der Waals surface area contributed by atoms with Crippen molar-refractivity contribution < 1.29 is 11.3 Å². The van der Waals surface area contributed by atoms with Crippen LogP contribution < -0.4 is 0 Å². The first-order valence-corrected chi connectivity index (χ1v) is 15.9. The third kappa shape index (κ3) is 5.56. The van der Waals surface area contributed by atoms with Gasteiger partial charge in [-0.2, -0.15) is 0 Å². The Morgan fingerprint density at radius 1 is 0.347 bits per heavy atom. The summed E-state index contributed by atoms with van der Waals surface area (Å²) in [5.41, 5.74) is 9.14. The second kappa shape index (κ2) is 12.2. The lowest BCUT2D eigenvalue weighted by molar-refractivity contribution is 0.669. The average molecular weight is 633 g/mol. The van der Waals surface area contributed by atoms with E-state index in [1.165, 1.54) is 0 Å². The molecule has 0 bridgehead atoms. The van der Waals surface area contributed by atoms with Crippen molar-refractivity contribution in [2.75, 3.05) is 0 Å². The van der Waals surface area contributed by atoms with E-state index in [1.54, 1.807) is 0 Å². The SMILES string of the molecule is [2H]c1c([2H])c([2H])c(-c2nc(-c3ccc(-c4ccccc4)cc3)nc(-c3ccc4oc5ccc(-c6cccc(-c7ccccc7)c6)cc5c4c3)n2)c([2H])c1[2H]. The molecule has 9 rings (SSSR count). The minimum Gasteiger partial charge on any atom is -0.456 e. The van der Waals surface area contributed by atoms with Gasteiger partial charge in [0.2, 0.25) is 0 Å². The summed E-state index contributed by atoms with van der Waals surface area (Å²) in [5, 5.41) is 1.79. The average Bonchev–Trinajstić information content (AvgIpc) is 3.60. The number of fused-ring (bicyclic) bond motifs is 3. The quantitative estimate of drug-likeness (QED) is 0.183. The number of aromatic nitrogens is 3. The summed E-state index contributed by atoms with van der Waals surface area (Å²) in [5.74, 6) is 0.577. The van der Waals surface area contributed by atoms with Crippen LogP contribution in [0.15, 0.2) is 180 Å². The van der Waals surface area contributed by atoms with Crippen molar-refractivity contribution in [3.63, 3.8) is 0 Å². The Kier molecular flexibility index (Phi) is 5.87. The Morgan fingerprint density at radius 2 is 0.776 bits per heavy atom. The van der Waals surface area contributed by atoms with E-state index in [2.05, 4.69) is 48.5 Å². The van der Waals surface area contributed by atoms with Crippen LogP contribution in [-0.4, -0.2) is 15.0 Å². The fraction of sp³-hybridized carbons (Fsp3) is 0. The van der Waals surface area contributed by atoms with E-state index >= 15 is 0 Å². The van der Waals surface area contributed by atoms with Crippen molar-refractivity contribution in [1.29, 1.82) is 0 Å². The second-order valence-corrected chi connectivity index (χ2v) is 11.7. The molecule has 0 aliphatic rings. The van der Waals surface area contributed by atoms with Crippen molar-refractivity contribution in [3.8, 4) is 67.5 Å². The number of benzene rings is 7. The van der Waals surface area contributed by atoms with E-state index in [9.17, 15) is 0 Å². The molecule has 0 atom stereocenters. The van der Waals surface area contributed by atoms with Crippen LogP contribution in [0.1, 0.15) is 6.85 Å². The molecule has 4 nitrogen and oxygen atoms in total. The second-order valence-electron chi connectivity index (χ2n) is 11.7. The predicted octanol–water partition coefficient (Wildman–Crippen LogP) is 11.8. The standard InChI is InChI=1S/C45H29N3O/c1-4-11-30(12-5-1)32-19-21-34(22-20-32)44-46-43(33-15-8-3-9-16-33)47-45(48-44)38-24-26-42-40(29-38)39-28-37(23-25-41(39)49-42)36-18-10-17-35(27-36)31-13-6-2-7-14-31/h1-29H/i3D,8D,9D,15D,16D. The zero-order valence-corrected chi connectivity index (χ0v) is 26.1. The Hall–Kier alpha value is -6.65. The number of hydrogen-bond acceptors (Lipinski definition) is 4.